The first kappa shape index (κ1) is 19.4. The standard InChI is InChI=1S/C25H25N5O/c1-5-16(4)29-14-26-23-21(25(29)31)22-24(28-20-9-7-6-8-19(20)27-22)30(23)18-12-10-17(11-13-18)15(2)3/h6-16H,5H2,1-4H3/t16-/m0/s1. The van der Waals surface area contributed by atoms with Gasteiger partial charge in [0.2, 0.25) is 0 Å². The molecule has 1 atom stereocenters. The predicted octanol–water partition coefficient (Wildman–Crippen LogP) is 5.38. The van der Waals surface area contributed by atoms with Crippen molar-refractivity contribution in [3.63, 3.8) is 0 Å². The lowest BCUT2D eigenvalue weighted by molar-refractivity contribution is 0.510. The Balaban J connectivity index is 1.91. The third kappa shape index (κ3) is 3.02. The molecule has 5 aromatic rings. The van der Waals surface area contributed by atoms with Gasteiger partial charge in [-0.1, -0.05) is 45.0 Å². The van der Waals surface area contributed by atoms with Crippen LogP contribution in [0.3, 0.4) is 0 Å². The summed E-state index contributed by atoms with van der Waals surface area (Å²) in [5.41, 5.74) is 5.49. The van der Waals surface area contributed by atoms with E-state index in [0.29, 0.717) is 28.1 Å². The maximum atomic E-state index is 13.5. The molecule has 3 aromatic heterocycles. The number of hydrogen-bond donors (Lipinski definition) is 0. The summed E-state index contributed by atoms with van der Waals surface area (Å²) in [7, 11) is 0. The maximum absolute atomic E-state index is 13.5. The molecule has 0 aliphatic carbocycles. The van der Waals surface area contributed by atoms with Crippen LogP contribution >= 0.6 is 0 Å². The average molecular weight is 412 g/mol. The molecule has 6 heteroatoms. The van der Waals surface area contributed by atoms with Crippen LogP contribution in [0.2, 0.25) is 0 Å². The Bertz CT molecular complexity index is 1480. The smallest absolute Gasteiger partial charge is 0.265 e. The van der Waals surface area contributed by atoms with Crippen LogP contribution in [0.15, 0.2) is 59.7 Å². The van der Waals surface area contributed by atoms with Gasteiger partial charge in [-0.2, -0.15) is 0 Å². The molecule has 0 bridgehead atoms. The first-order valence-corrected chi connectivity index (χ1v) is 10.8. The summed E-state index contributed by atoms with van der Waals surface area (Å²) in [6, 6.07) is 16.2. The van der Waals surface area contributed by atoms with E-state index < -0.39 is 0 Å². The first-order chi connectivity index (χ1) is 15.0. The van der Waals surface area contributed by atoms with E-state index in [2.05, 4.69) is 45.0 Å². The molecule has 0 N–H and O–H groups in total. The lowest BCUT2D eigenvalue weighted by atomic mass is 10.0. The maximum Gasteiger partial charge on any atom is 0.265 e. The summed E-state index contributed by atoms with van der Waals surface area (Å²) in [6.07, 6.45) is 2.49. The van der Waals surface area contributed by atoms with Crippen molar-refractivity contribution in [2.75, 3.05) is 0 Å². The van der Waals surface area contributed by atoms with Crippen LogP contribution in [0.5, 0.6) is 0 Å². The number of para-hydroxylation sites is 2. The summed E-state index contributed by atoms with van der Waals surface area (Å²) in [5.74, 6) is 0.441. The van der Waals surface area contributed by atoms with Crippen molar-refractivity contribution < 1.29 is 0 Å². The molecule has 31 heavy (non-hydrogen) atoms. The Kier molecular flexibility index (Phi) is 4.58. The zero-order chi connectivity index (χ0) is 21.7. The zero-order valence-corrected chi connectivity index (χ0v) is 18.2. The highest BCUT2D eigenvalue weighted by Crippen LogP contribution is 2.29. The van der Waals surface area contributed by atoms with Gasteiger partial charge in [0.05, 0.1) is 11.0 Å². The Morgan fingerprint density at radius 3 is 2.23 bits per heavy atom. The Hall–Kier alpha value is -3.54. The van der Waals surface area contributed by atoms with E-state index in [-0.39, 0.29) is 11.6 Å². The number of hydrogen-bond acceptors (Lipinski definition) is 4. The van der Waals surface area contributed by atoms with E-state index in [1.165, 1.54) is 5.56 Å². The quantitative estimate of drug-likeness (QED) is 0.398. The van der Waals surface area contributed by atoms with Crippen LogP contribution in [0.4, 0.5) is 0 Å². The molecular weight excluding hydrogens is 386 g/mol. The fourth-order valence-electron chi connectivity index (χ4n) is 4.01. The van der Waals surface area contributed by atoms with E-state index in [4.69, 9.17) is 15.0 Å². The molecular formula is C25H25N5O. The van der Waals surface area contributed by atoms with Crippen LogP contribution in [0.25, 0.3) is 38.9 Å². The molecule has 0 saturated carbocycles. The molecule has 0 amide bonds. The fraction of sp³-hybridized carbons (Fsp3) is 0.280. The van der Waals surface area contributed by atoms with Crippen molar-refractivity contribution in [1.82, 2.24) is 24.1 Å². The highest BCUT2D eigenvalue weighted by molar-refractivity contribution is 6.05. The van der Waals surface area contributed by atoms with Crippen molar-refractivity contribution in [1.29, 1.82) is 0 Å². The predicted molar refractivity (Wildman–Crippen MR) is 125 cm³/mol. The van der Waals surface area contributed by atoms with Gasteiger partial charge >= 0.3 is 0 Å². The molecule has 0 aliphatic rings. The van der Waals surface area contributed by atoms with Crippen LogP contribution in [0, 0.1) is 0 Å². The highest BCUT2D eigenvalue weighted by Gasteiger charge is 2.21. The van der Waals surface area contributed by atoms with Crippen molar-refractivity contribution in [3.05, 3.63) is 70.8 Å². The van der Waals surface area contributed by atoms with Gasteiger partial charge in [0.1, 0.15) is 17.2 Å². The van der Waals surface area contributed by atoms with Gasteiger partial charge in [0.25, 0.3) is 5.56 Å². The minimum absolute atomic E-state index is 0.0570. The van der Waals surface area contributed by atoms with Gasteiger partial charge in [-0.15, -0.1) is 0 Å². The van der Waals surface area contributed by atoms with Crippen LogP contribution < -0.4 is 5.56 Å². The van der Waals surface area contributed by atoms with Crippen LogP contribution in [-0.4, -0.2) is 24.1 Å². The van der Waals surface area contributed by atoms with Crippen molar-refractivity contribution in [2.24, 2.45) is 0 Å². The second kappa shape index (κ2) is 7.30. The Morgan fingerprint density at radius 1 is 0.903 bits per heavy atom. The highest BCUT2D eigenvalue weighted by atomic mass is 16.1. The number of nitrogens with zero attached hydrogens (tertiary/aromatic N) is 5. The fourth-order valence-corrected chi connectivity index (χ4v) is 4.01. The summed E-state index contributed by atoms with van der Waals surface area (Å²) >= 11 is 0. The van der Waals surface area contributed by atoms with E-state index >= 15 is 0 Å². The van der Waals surface area contributed by atoms with E-state index in [1.807, 2.05) is 35.8 Å². The molecule has 0 radical (unpaired) electrons. The zero-order valence-electron chi connectivity index (χ0n) is 18.2. The van der Waals surface area contributed by atoms with Gasteiger partial charge in [0, 0.05) is 11.7 Å². The molecule has 156 valence electrons. The Morgan fingerprint density at radius 2 is 1.58 bits per heavy atom. The van der Waals surface area contributed by atoms with Gasteiger partial charge in [0.15, 0.2) is 11.3 Å². The van der Waals surface area contributed by atoms with E-state index in [1.54, 1.807) is 10.9 Å². The second-order valence-electron chi connectivity index (χ2n) is 8.38. The van der Waals surface area contributed by atoms with Gasteiger partial charge in [-0.3, -0.25) is 13.9 Å². The van der Waals surface area contributed by atoms with E-state index in [0.717, 1.165) is 23.1 Å². The summed E-state index contributed by atoms with van der Waals surface area (Å²) in [5, 5.41) is 0.518. The monoisotopic (exact) mass is 411 g/mol. The molecule has 5 rings (SSSR count). The largest absolute Gasteiger partial charge is 0.296 e. The third-order valence-electron chi connectivity index (χ3n) is 6.07. The van der Waals surface area contributed by atoms with Gasteiger partial charge < -0.3 is 0 Å². The summed E-state index contributed by atoms with van der Waals surface area (Å²) in [4.78, 5) is 28.0. The van der Waals surface area contributed by atoms with Crippen molar-refractivity contribution in [2.45, 2.75) is 46.1 Å². The van der Waals surface area contributed by atoms with Crippen LogP contribution in [0.1, 0.15) is 51.6 Å². The summed E-state index contributed by atoms with van der Waals surface area (Å²) in [6.45, 7) is 8.44. The molecule has 2 aromatic carbocycles. The lowest BCUT2D eigenvalue weighted by Gasteiger charge is -2.12. The molecule has 0 unspecified atom stereocenters. The van der Waals surface area contributed by atoms with Crippen molar-refractivity contribution >= 4 is 33.2 Å². The third-order valence-corrected chi connectivity index (χ3v) is 6.07. The number of benzene rings is 2. The SMILES string of the molecule is CC[C@H](C)n1cnc2c(c1=O)c1nc3ccccc3nc1n2-c1ccc(C(C)C)cc1. The molecule has 0 aliphatic heterocycles. The van der Waals surface area contributed by atoms with Crippen LogP contribution in [-0.2, 0) is 0 Å². The minimum atomic E-state index is -0.0773. The normalized spacial score (nSPS) is 12.9. The molecule has 6 nitrogen and oxygen atoms in total. The van der Waals surface area contributed by atoms with Gasteiger partial charge in [-0.25, -0.2) is 15.0 Å². The average Bonchev–Trinajstić information content (AvgIpc) is 3.11. The minimum Gasteiger partial charge on any atom is -0.296 e. The number of aromatic nitrogens is 5. The topological polar surface area (TPSA) is 65.6 Å². The summed E-state index contributed by atoms with van der Waals surface area (Å²) < 4.78 is 3.65. The molecule has 0 saturated heterocycles. The first-order valence-electron chi connectivity index (χ1n) is 10.8. The molecule has 0 fully saturated rings. The molecule has 3 heterocycles. The second-order valence-corrected chi connectivity index (χ2v) is 8.38. The lowest BCUT2D eigenvalue weighted by Crippen LogP contribution is -2.23. The molecule has 0 spiro atoms. The number of rotatable bonds is 4. The van der Waals surface area contributed by atoms with Crippen molar-refractivity contribution in [3.8, 4) is 5.69 Å². The Labute approximate surface area is 180 Å². The van der Waals surface area contributed by atoms with Gasteiger partial charge in [-0.05, 0) is 49.1 Å². The number of fused-ring (bicyclic) bond motifs is 4. The van der Waals surface area contributed by atoms with E-state index in [9.17, 15) is 4.79 Å².